The van der Waals surface area contributed by atoms with E-state index < -0.39 is 0 Å². The Hall–Kier alpha value is -2.55. The molecule has 0 aliphatic carbocycles. The molecule has 0 unspecified atom stereocenters. The Morgan fingerprint density at radius 3 is 2.84 bits per heavy atom. The number of aromatic nitrogens is 2. The van der Waals surface area contributed by atoms with Crippen LogP contribution in [-0.2, 0) is 6.54 Å². The highest BCUT2D eigenvalue weighted by Crippen LogP contribution is 2.18. The highest BCUT2D eigenvalue weighted by atomic mass is 16.3. The van der Waals surface area contributed by atoms with E-state index in [2.05, 4.69) is 22.2 Å². The smallest absolute Gasteiger partial charge is 0.134 e. The molecule has 0 aliphatic rings. The molecule has 3 nitrogen and oxygen atoms in total. The van der Waals surface area contributed by atoms with Gasteiger partial charge in [-0.1, -0.05) is 18.2 Å². The van der Waals surface area contributed by atoms with Crippen molar-refractivity contribution in [2.75, 3.05) is 0 Å². The number of fused-ring (bicyclic) bond motifs is 1. The minimum absolute atomic E-state index is 0.734. The summed E-state index contributed by atoms with van der Waals surface area (Å²) in [6.07, 6.45) is 7.41. The Labute approximate surface area is 111 Å². The van der Waals surface area contributed by atoms with E-state index in [1.807, 2.05) is 48.6 Å². The van der Waals surface area contributed by atoms with Crippen LogP contribution < -0.4 is 0 Å². The summed E-state index contributed by atoms with van der Waals surface area (Å²) in [7, 11) is 0. The Morgan fingerprint density at radius 1 is 1.16 bits per heavy atom. The van der Waals surface area contributed by atoms with Gasteiger partial charge in [0.1, 0.15) is 11.6 Å². The van der Waals surface area contributed by atoms with Crippen LogP contribution in [0.4, 0.5) is 0 Å². The van der Waals surface area contributed by atoms with Crippen LogP contribution in [0.3, 0.4) is 0 Å². The molecule has 3 rings (SSSR count). The molecule has 0 atom stereocenters. The van der Waals surface area contributed by atoms with Crippen LogP contribution in [0, 0.1) is 0 Å². The molecule has 2 heterocycles. The average molecular weight is 250 g/mol. The van der Waals surface area contributed by atoms with Crippen LogP contribution in [0.25, 0.3) is 23.2 Å². The summed E-state index contributed by atoms with van der Waals surface area (Å²) in [6.45, 7) is 4.54. The van der Waals surface area contributed by atoms with Gasteiger partial charge in [0.2, 0.25) is 0 Å². The molecule has 1 aromatic carbocycles. The number of allylic oxidation sites excluding steroid dienone is 1. The second kappa shape index (κ2) is 4.98. The van der Waals surface area contributed by atoms with Gasteiger partial charge in [-0.05, 0) is 36.4 Å². The van der Waals surface area contributed by atoms with Crippen molar-refractivity contribution < 1.29 is 4.42 Å². The molecule has 0 saturated carbocycles. The molecule has 0 amide bonds. The molecule has 3 heteroatoms. The number of imidazole rings is 1. The number of hydrogen-bond donors (Lipinski definition) is 0. The second-order valence-electron chi connectivity index (χ2n) is 4.21. The van der Waals surface area contributed by atoms with E-state index >= 15 is 0 Å². The van der Waals surface area contributed by atoms with Gasteiger partial charge in [-0.2, -0.15) is 0 Å². The fourth-order valence-electron chi connectivity index (χ4n) is 2.09. The molecule has 0 fully saturated rings. The van der Waals surface area contributed by atoms with Gasteiger partial charge in [0.25, 0.3) is 0 Å². The first-order valence-corrected chi connectivity index (χ1v) is 6.16. The first-order valence-electron chi connectivity index (χ1n) is 6.16. The Kier molecular flexibility index (Phi) is 3.02. The number of para-hydroxylation sites is 2. The third-order valence-corrected chi connectivity index (χ3v) is 2.94. The van der Waals surface area contributed by atoms with Gasteiger partial charge in [0, 0.05) is 6.54 Å². The summed E-state index contributed by atoms with van der Waals surface area (Å²) in [5.74, 6) is 1.72. The number of benzene rings is 1. The lowest BCUT2D eigenvalue weighted by molar-refractivity contribution is 0.557. The summed E-state index contributed by atoms with van der Waals surface area (Å²) in [5.41, 5.74) is 2.10. The molecule has 0 aliphatic heterocycles. The Bertz CT molecular complexity index is 720. The zero-order chi connectivity index (χ0) is 13.1. The average Bonchev–Trinajstić information content (AvgIpc) is 3.05. The van der Waals surface area contributed by atoms with E-state index in [0.717, 1.165) is 29.2 Å². The Morgan fingerprint density at radius 2 is 2.05 bits per heavy atom. The van der Waals surface area contributed by atoms with Gasteiger partial charge in [-0.25, -0.2) is 4.98 Å². The molecule has 94 valence electrons. The van der Waals surface area contributed by atoms with Gasteiger partial charge >= 0.3 is 0 Å². The molecule has 0 saturated heterocycles. The topological polar surface area (TPSA) is 31.0 Å². The predicted octanol–water partition coefficient (Wildman–Crippen LogP) is 3.99. The van der Waals surface area contributed by atoms with Crippen LogP contribution in [0.2, 0.25) is 0 Å². The number of furan rings is 1. The zero-order valence-corrected chi connectivity index (χ0v) is 10.5. The van der Waals surface area contributed by atoms with Gasteiger partial charge in [-0.15, -0.1) is 6.58 Å². The zero-order valence-electron chi connectivity index (χ0n) is 10.5. The first-order chi connectivity index (χ1) is 9.38. The predicted molar refractivity (Wildman–Crippen MR) is 77.6 cm³/mol. The quantitative estimate of drug-likeness (QED) is 0.656. The highest BCUT2D eigenvalue weighted by Gasteiger charge is 2.06. The van der Waals surface area contributed by atoms with Gasteiger partial charge in [-0.3, -0.25) is 0 Å². The van der Waals surface area contributed by atoms with Crippen molar-refractivity contribution in [1.82, 2.24) is 9.55 Å². The van der Waals surface area contributed by atoms with Crippen molar-refractivity contribution in [2.45, 2.75) is 6.54 Å². The SMILES string of the molecule is C=CCn1c(/C=C/c2ccco2)nc2ccccc21. The lowest BCUT2D eigenvalue weighted by Gasteiger charge is -2.02. The van der Waals surface area contributed by atoms with E-state index in [4.69, 9.17) is 4.42 Å². The maximum atomic E-state index is 5.29. The summed E-state index contributed by atoms with van der Waals surface area (Å²) >= 11 is 0. The number of hydrogen-bond acceptors (Lipinski definition) is 2. The van der Waals surface area contributed by atoms with Gasteiger partial charge < -0.3 is 8.98 Å². The van der Waals surface area contributed by atoms with E-state index in [9.17, 15) is 0 Å². The molecule has 19 heavy (non-hydrogen) atoms. The Balaban J connectivity index is 2.06. The maximum Gasteiger partial charge on any atom is 0.134 e. The second-order valence-corrected chi connectivity index (χ2v) is 4.21. The van der Waals surface area contributed by atoms with Crippen LogP contribution in [0.1, 0.15) is 11.6 Å². The van der Waals surface area contributed by atoms with E-state index in [1.165, 1.54) is 0 Å². The summed E-state index contributed by atoms with van der Waals surface area (Å²) in [5, 5.41) is 0. The summed E-state index contributed by atoms with van der Waals surface area (Å²) < 4.78 is 7.41. The molecular formula is C16H14N2O. The fraction of sp³-hybridized carbons (Fsp3) is 0.0625. The summed E-state index contributed by atoms with van der Waals surface area (Å²) in [4.78, 5) is 4.62. The highest BCUT2D eigenvalue weighted by molar-refractivity contribution is 5.79. The lowest BCUT2D eigenvalue weighted by Crippen LogP contribution is -1.97. The van der Waals surface area contributed by atoms with E-state index in [0.29, 0.717) is 0 Å². The van der Waals surface area contributed by atoms with Crippen molar-refractivity contribution >= 4 is 23.2 Å². The number of nitrogens with zero attached hydrogens (tertiary/aromatic N) is 2. The van der Waals surface area contributed by atoms with Gasteiger partial charge in [0.15, 0.2) is 0 Å². The third-order valence-electron chi connectivity index (χ3n) is 2.94. The molecule has 0 bridgehead atoms. The lowest BCUT2D eigenvalue weighted by atomic mass is 10.3. The minimum atomic E-state index is 0.734. The fourth-order valence-corrected chi connectivity index (χ4v) is 2.09. The first kappa shape index (κ1) is 11.5. The van der Waals surface area contributed by atoms with Crippen molar-refractivity contribution in [1.29, 1.82) is 0 Å². The molecule has 0 radical (unpaired) electrons. The van der Waals surface area contributed by atoms with E-state index in [1.54, 1.807) is 6.26 Å². The van der Waals surface area contributed by atoms with Crippen LogP contribution in [0.15, 0.2) is 59.7 Å². The molecule has 2 aromatic heterocycles. The normalized spacial score (nSPS) is 11.4. The minimum Gasteiger partial charge on any atom is -0.465 e. The monoisotopic (exact) mass is 250 g/mol. The standard InChI is InChI=1S/C16H14N2O/c1-2-11-18-15-8-4-3-7-14(15)17-16(18)10-9-13-6-5-12-19-13/h2-10,12H,1,11H2/b10-9+. The van der Waals surface area contributed by atoms with Gasteiger partial charge in [0.05, 0.1) is 17.3 Å². The largest absolute Gasteiger partial charge is 0.465 e. The molecule has 0 spiro atoms. The van der Waals surface area contributed by atoms with Crippen molar-refractivity contribution in [3.05, 3.63) is 66.9 Å². The molecule has 3 aromatic rings. The van der Waals surface area contributed by atoms with Crippen LogP contribution in [0.5, 0.6) is 0 Å². The summed E-state index contributed by atoms with van der Waals surface area (Å²) in [6, 6.07) is 11.9. The van der Waals surface area contributed by atoms with Crippen LogP contribution >= 0.6 is 0 Å². The molecular weight excluding hydrogens is 236 g/mol. The number of rotatable bonds is 4. The maximum absolute atomic E-state index is 5.29. The van der Waals surface area contributed by atoms with E-state index in [-0.39, 0.29) is 0 Å². The van der Waals surface area contributed by atoms with Crippen molar-refractivity contribution in [3.8, 4) is 0 Å². The van der Waals surface area contributed by atoms with Crippen LogP contribution in [-0.4, -0.2) is 9.55 Å². The molecule has 0 N–H and O–H groups in total. The third kappa shape index (κ3) is 2.22. The van der Waals surface area contributed by atoms with Crippen molar-refractivity contribution in [3.63, 3.8) is 0 Å². The van der Waals surface area contributed by atoms with Crippen molar-refractivity contribution in [2.24, 2.45) is 0 Å².